The molecule has 1 N–H and O–H groups in total. The molecular weight excluding hydrogens is 202 g/mol. The zero-order valence-electron chi connectivity index (χ0n) is 10.2. The fourth-order valence-corrected chi connectivity index (χ4v) is 1.68. The number of benzene rings is 1. The number of Topliss-reactive ketones (excluding diaryl/α,β-unsaturated/α-hetero) is 1. The van der Waals surface area contributed by atoms with Crippen LogP contribution in [0.4, 0.5) is 0 Å². The molecule has 0 bridgehead atoms. The van der Waals surface area contributed by atoms with E-state index in [1.165, 1.54) is 6.92 Å². The monoisotopic (exact) mass is 221 g/mol. The van der Waals surface area contributed by atoms with Crippen LogP contribution in [0.5, 0.6) is 5.75 Å². The molecule has 0 radical (unpaired) electrons. The third-order valence-corrected chi connectivity index (χ3v) is 2.53. The summed E-state index contributed by atoms with van der Waals surface area (Å²) < 4.78 is 0. The van der Waals surface area contributed by atoms with Crippen LogP contribution in [0, 0.1) is 0 Å². The van der Waals surface area contributed by atoms with Crippen LogP contribution in [0.3, 0.4) is 0 Å². The lowest BCUT2D eigenvalue weighted by Crippen LogP contribution is -2.18. The van der Waals surface area contributed by atoms with E-state index in [0.29, 0.717) is 12.1 Å². The maximum absolute atomic E-state index is 11.2. The van der Waals surface area contributed by atoms with Gasteiger partial charge in [0.05, 0.1) is 0 Å². The number of ketones is 1. The van der Waals surface area contributed by atoms with Crippen LogP contribution in [0.15, 0.2) is 18.2 Å². The molecule has 0 saturated heterocycles. The number of aromatic hydroxyl groups is 1. The lowest BCUT2D eigenvalue weighted by atomic mass is 10.1. The number of hydrogen-bond donors (Lipinski definition) is 1. The van der Waals surface area contributed by atoms with Crippen molar-refractivity contribution in [3.63, 3.8) is 0 Å². The Morgan fingerprint density at radius 2 is 2.12 bits per heavy atom. The van der Waals surface area contributed by atoms with Crippen LogP contribution in [0.1, 0.15) is 36.2 Å². The molecule has 3 nitrogen and oxygen atoms in total. The van der Waals surface area contributed by atoms with E-state index in [1.807, 2.05) is 7.05 Å². The average molecular weight is 221 g/mol. The van der Waals surface area contributed by atoms with Crippen LogP contribution < -0.4 is 0 Å². The second kappa shape index (κ2) is 5.66. The Hall–Kier alpha value is -1.35. The molecule has 0 saturated carbocycles. The van der Waals surface area contributed by atoms with Gasteiger partial charge in [-0.05, 0) is 45.1 Å². The Morgan fingerprint density at radius 3 is 2.69 bits per heavy atom. The molecule has 0 aromatic heterocycles. The number of carbonyl (C=O) groups is 1. The van der Waals surface area contributed by atoms with Gasteiger partial charge in [0.2, 0.25) is 0 Å². The van der Waals surface area contributed by atoms with Crippen molar-refractivity contribution >= 4 is 5.78 Å². The van der Waals surface area contributed by atoms with Crippen molar-refractivity contribution in [2.75, 3.05) is 13.6 Å². The summed E-state index contributed by atoms with van der Waals surface area (Å²) in [5.74, 6) is 0.285. The summed E-state index contributed by atoms with van der Waals surface area (Å²) in [4.78, 5) is 13.3. The SMILES string of the molecule is CCCN(C)Cc1cc(C(C)=O)ccc1O. The van der Waals surface area contributed by atoms with E-state index < -0.39 is 0 Å². The van der Waals surface area contributed by atoms with Gasteiger partial charge in [-0.25, -0.2) is 0 Å². The van der Waals surface area contributed by atoms with Gasteiger partial charge in [-0.1, -0.05) is 6.92 Å². The van der Waals surface area contributed by atoms with Crippen molar-refractivity contribution in [1.29, 1.82) is 0 Å². The molecule has 0 heterocycles. The van der Waals surface area contributed by atoms with Gasteiger partial charge in [-0.2, -0.15) is 0 Å². The highest BCUT2D eigenvalue weighted by Gasteiger charge is 2.07. The predicted octanol–water partition coefficient (Wildman–Crippen LogP) is 2.44. The van der Waals surface area contributed by atoms with E-state index in [-0.39, 0.29) is 11.5 Å². The first-order chi connectivity index (χ1) is 7.54. The van der Waals surface area contributed by atoms with Crippen molar-refractivity contribution in [2.45, 2.75) is 26.8 Å². The van der Waals surface area contributed by atoms with Gasteiger partial charge in [-0.15, -0.1) is 0 Å². The van der Waals surface area contributed by atoms with Crippen LogP contribution in [-0.4, -0.2) is 29.4 Å². The highest BCUT2D eigenvalue weighted by Crippen LogP contribution is 2.20. The average Bonchev–Trinajstić information content (AvgIpc) is 2.21. The smallest absolute Gasteiger partial charge is 0.159 e. The Bertz CT molecular complexity index is 374. The first-order valence-corrected chi connectivity index (χ1v) is 5.56. The molecule has 88 valence electrons. The molecule has 1 aromatic rings. The zero-order valence-corrected chi connectivity index (χ0v) is 10.2. The molecular formula is C13H19NO2. The van der Waals surface area contributed by atoms with E-state index in [1.54, 1.807) is 18.2 Å². The van der Waals surface area contributed by atoms with Crippen LogP contribution in [-0.2, 0) is 6.54 Å². The molecule has 1 rings (SSSR count). The van der Waals surface area contributed by atoms with Crippen LogP contribution in [0.25, 0.3) is 0 Å². The summed E-state index contributed by atoms with van der Waals surface area (Å²) in [6, 6.07) is 5.01. The highest BCUT2D eigenvalue weighted by atomic mass is 16.3. The Kier molecular flexibility index (Phi) is 4.50. The van der Waals surface area contributed by atoms with Crippen LogP contribution >= 0.6 is 0 Å². The summed E-state index contributed by atoms with van der Waals surface area (Å²) in [6.45, 7) is 5.29. The summed E-state index contributed by atoms with van der Waals surface area (Å²) in [5.41, 5.74) is 1.46. The fraction of sp³-hybridized carbons (Fsp3) is 0.462. The Labute approximate surface area is 96.7 Å². The molecule has 0 aliphatic rings. The van der Waals surface area contributed by atoms with Gasteiger partial charge >= 0.3 is 0 Å². The second-order valence-electron chi connectivity index (χ2n) is 4.14. The topological polar surface area (TPSA) is 40.5 Å². The first-order valence-electron chi connectivity index (χ1n) is 5.56. The van der Waals surface area contributed by atoms with Crippen molar-refractivity contribution in [2.24, 2.45) is 0 Å². The van der Waals surface area contributed by atoms with Gasteiger partial charge in [-0.3, -0.25) is 4.79 Å². The number of carbonyl (C=O) groups excluding carboxylic acids is 1. The minimum Gasteiger partial charge on any atom is -0.508 e. The normalized spacial score (nSPS) is 10.8. The van der Waals surface area contributed by atoms with Gasteiger partial charge in [0, 0.05) is 17.7 Å². The summed E-state index contributed by atoms with van der Waals surface area (Å²) in [7, 11) is 2.00. The standard InChI is InChI=1S/C13H19NO2/c1-4-7-14(3)9-12-8-11(10(2)15)5-6-13(12)16/h5-6,8,16H,4,7,9H2,1-3H3. The van der Waals surface area contributed by atoms with E-state index in [9.17, 15) is 9.90 Å². The second-order valence-corrected chi connectivity index (χ2v) is 4.14. The van der Waals surface area contributed by atoms with Gasteiger partial charge in [0.1, 0.15) is 5.75 Å². The lowest BCUT2D eigenvalue weighted by molar-refractivity contribution is 0.101. The van der Waals surface area contributed by atoms with Crippen molar-refractivity contribution in [3.8, 4) is 5.75 Å². The van der Waals surface area contributed by atoms with Gasteiger partial charge in [0.25, 0.3) is 0 Å². The summed E-state index contributed by atoms with van der Waals surface area (Å²) >= 11 is 0. The zero-order chi connectivity index (χ0) is 12.1. The Morgan fingerprint density at radius 1 is 1.44 bits per heavy atom. The minimum absolute atomic E-state index is 0.0272. The third kappa shape index (κ3) is 3.35. The molecule has 1 aromatic carbocycles. The van der Waals surface area contributed by atoms with Crippen LogP contribution in [0.2, 0.25) is 0 Å². The number of rotatable bonds is 5. The Balaban J connectivity index is 2.85. The molecule has 0 atom stereocenters. The molecule has 0 aliphatic heterocycles. The molecule has 16 heavy (non-hydrogen) atoms. The number of phenolic OH excluding ortho intramolecular Hbond substituents is 1. The predicted molar refractivity (Wildman–Crippen MR) is 64.7 cm³/mol. The van der Waals surface area contributed by atoms with Crippen molar-refractivity contribution < 1.29 is 9.90 Å². The van der Waals surface area contributed by atoms with E-state index in [2.05, 4.69) is 11.8 Å². The van der Waals surface area contributed by atoms with E-state index in [4.69, 9.17) is 0 Å². The molecule has 3 heteroatoms. The maximum atomic E-state index is 11.2. The van der Waals surface area contributed by atoms with E-state index >= 15 is 0 Å². The number of phenols is 1. The molecule has 0 fully saturated rings. The summed E-state index contributed by atoms with van der Waals surface area (Å²) in [6.07, 6.45) is 1.07. The molecule has 0 amide bonds. The van der Waals surface area contributed by atoms with Gasteiger partial charge < -0.3 is 10.0 Å². The largest absolute Gasteiger partial charge is 0.508 e. The molecule has 0 aliphatic carbocycles. The third-order valence-electron chi connectivity index (χ3n) is 2.53. The quantitative estimate of drug-likeness (QED) is 0.776. The number of hydrogen-bond acceptors (Lipinski definition) is 3. The molecule has 0 spiro atoms. The van der Waals surface area contributed by atoms with Crippen molar-refractivity contribution in [1.82, 2.24) is 4.90 Å². The lowest BCUT2D eigenvalue weighted by Gasteiger charge is -2.16. The fourth-order valence-electron chi connectivity index (χ4n) is 1.68. The van der Waals surface area contributed by atoms with Crippen molar-refractivity contribution in [3.05, 3.63) is 29.3 Å². The van der Waals surface area contributed by atoms with E-state index in [0.717, 1.165) is 18.5 Å². The number of nitrogens with zero attached hydrogens (tertiary/aromatic N) is 1. The summed E-state index contributed by atoms with van der Waals surface area (Å²) in [5, 5.41) is 9.70. The molecule has 0 unspecified atom stereocenters. The maximum Gasteiger partial charge on any atom is 0.159 e. The first kappa shape index (κ1) is 12.7. The highest BCUT2D eigenvalue weighted by molar-refractivity contribution is 5.94. The minimum atomic E-state index is 0.0272. The van der Waals surface area contributed by atoms with Gasteiger partial charge in [0.15, 0.2) is 5.78 Å².